The van der Waals surface area contributed by atoms with Crippen LogP contribution in [0.15, 0.2) is 24.3 Å². The molecule has 2 nitrogen and oxygen atoms in total. The minimum atomic E-state index is 0.150. The van der Waals surface area contributed by atoms with Crippen LogP contribution in [0.2, 0.25) is 0 Å². The van der Waals surface area contributed by atoms with E-state index < -0.39 is 0 Å². The third-order valence-corrected chi connectivity index (χ3v) is 5.02. The number of carbonyl (C=O) groups excluding carboxylic acids is 1. The summed E-state index contributed by atoms with van der Waals surface area (Å²) in [6.07, 6.45) is 3.01. The SMILES string of the molecule is CC(Br)c1ccccc1NC(=O)CC1CCSCC1. The predicted molar refractivity (Wildman–Crippen MR) is 87.1 cm³/mol. The predicted octanol–water partition coefficient (Wildman–Crippen LogP) is 4.61. The van der Waals surface area contributed by atoms with Gasteiger partial charge in [0.1, 0.15) is 0 Å². The zero-order valence-corrected chi connectivity index (χ0v) is 13.6. The van der Waals surface area contributed by atoms with Crippen LogP contribution in [0.25, 0.3) is 0 Å². The number of thioether (sulfide) groups is 1. The van der Waals surface area contributed by atoms with Crippen molar-refractivity contribution in [3.8, 4) is 0 Å². The van der Waals surface area contributed by atoms with Crippen molar-refractivity contribution in [1.29, 1.82) is 0 Å². The largest absolute Gasteiger partial charge is 0.326 e. The highest BCUT2D eigenvalue weighted by Gasteiger charge is 2.18. The van der Waals surface area contributed by atoms with Crippen LogP contribution >= 0.6 is 27.7 Å². The lowest BCUT2D eigenvalue weighted by Gasteiger charge is -2.21. The maximum atomic E-state index is 12.1. The van der Waals surface area contributed by atoms with Crippen molar-refractivity contribution in [3.05, 3.63) is 29.8 Å². The first-order valence-electron chi connectivity index (χ1n) is 6.77. The van der Waals surface area contributed by atoms with Gasteiger partial charge in [-0.25, -0.2) is 0 Å². The highest BCUT2D eigenvalue weighted by Crippen LogP contribution is 2.30. The van der Waals surface area contributed by atoms with E-state index in [9.17, 15) is 4.79 Å². The van der Waals surface area contributed by atoms with Crippen molar-refractivity contribution >= 4 is 39.3 Å². The fraction of sp³-hybridized carbons (Fsp3) is 0.533. The van der Waals surface area contributed by atoms with Gasteiger partial charge in [0.25, 0.3) is 0 Å². The molecule has 1 atom stereocenters. The van der Waals surface area contributed by atoms with Crippen molar-refractivity contribution in [2.75, 3.05) is 16.8 Å². The lowest BCUT2D eigenvalue weighted by atomic mass is 9.98. The maximum Gasteiger partial charge on any atom is 0.224 e. The van der Waals surface area contributed by atoms with Gasteiger partial charge in [0.2, 0.25) is 5.91 Å². The molecule has 104 valence electrons. The van der Waals surface area contributed by atoms with Crippen LogP contribution < -0.4 is 5.32 Å². The van der Waals surface area contributed by atoms with E-state index >= 15 is 0 Å². The van der Waals surface area contributed by atoms with Gasteiger partial charge in [0.15, 0.2) is 0 Å². The van der Waals surface area contributed by atoms with E-state index in [1.807, 2.05) is 36.0 Å². The number of halogens is 1. The number of benzene rings is 1. The molecule has 1 aromatic carbocycles. The number of alkyl halides is 1. The first kappa shape index (κ1) is 14.9. The maximum absolute atomic E-state index is 12.1. The van der Waals surface area contributed by atoms with Gasteiger partial charge in [0.05, 0.1) is 0 Å². The molecule has 0 saturated carbocycles. The molecule has 1 aliphatic rings. The number of rotatable bonds is 4. The Balaban J connectivity index is 1.94. The summed E-state index contributed by atoms with van der Waals surface area (Å²) in [5, 5.41) is 3.06. The summed E-state index contributed by atoms with van der Waals surface area (Å²) < 4.78 is 0. The molecule has 1 saturated heterocycles. The van der Waals surface area contributed by atoms with Gasteiger partial charge >= 0.3 is 0 Å². The Hall–Kier alpha value is -0.480. The van der Waals surface area contributed by atoms with Crippen molar-refractivity contribution in [3.63, 3.8) is 0 Å². The summed E-state index contributed by atoms with van der Waals surface area (Å²) in [6.45, 7) is 2.07. The second kappa shape index (κ2) is 7.34. The molecule has 1 amide bonds. The highest BCUT2D eigenvalue weighted by molar-refractivity contribution is 9.09. The van der Waals surface area contributed by atoms with E-state index in [0.29, 0.717) is 12.3 Å². The van der Waals surface area contributed by atoms with E-state index in [-0.39, 0.29) is 10.7 Å². The Labute approximate surface area is 127 Å². The van der Waals surface area contributed by atoms with Gasteiger partial charge in [0, 0.05) is 16.9 Å². The minimum absolute atomic E-state index is 0.150. The zero-order chi connectivity index (χ0) is 13.7. The molecule has 1 unspecified atom stereocenters. The van der Waals surface area contributed by atoms with Crippen LogP contribution in [0.3, 0.4) is 0 Å². The first-order chi connectivity index (χ1) is 9.16. The van der Waals surface area contributed by atoms with Gasteiger partial charge in [-0.05, 0) is 48.8 Å². The van der Waals surface area contributed by atoms with Crippen molar-refractivity contribution in [1.82, 2.24) is 0 Å². The van der Waals surface area contributed by atoms with Gasteiger partial charge in [-0.3, -0.25) is 4.79 Å². The number of carbonyl (C=O) groups is 1. The van der Waals surface area contributed by atoms with E-state index in [4.69, 9.17) is 0 Å². The molecule has 0 radical (unpaired) electrons. The first-order valence-corrected chi connectivity index (χ1v) is 8.84. The van der Waals surface area contributed by atoms with E-state index in [0.717, 1.165) is 11.3 Å². The summed E-state index contributed by atoms with van der Waals surface area (Å²) in [5.41, 5.74) is 2.07. The van der Waals surface area contributed by atoms with Crippen molar-refractivity contribution in [2.24, 2.45) is 5.92 Å². The van der Waals surface area contributed by atoms with Gasteiger partial charge in [-0.2, -0.15) is 11.8 Å². The van der Waals surface area contributed by atoms with Crippen LogP contribution in [0.1, 0.15) is 36.6 Å². The van der Waals surface area contributed by atoms with E-state index in [1.165, 1.54) is 24.3 Å². The summed E-state index contributed by atoms with van der Waals surface area (Å²) in [6, 6.07) is 7.99. The Morgan fingerprint density at radius 1 is 1.42 bits per heavy atom. The fourth-order valence-corrected chi connectivity index (χ4v) is 3.98. The summed E-state index contributed by atoms with van der Waals surface area (Å²) in [4.78, 5) is 12.4. The second-order valence-electron chi connectivity index (χ2n) is 5.01. The highest BCUT2D eigenvalue weighted by atomic mass is 79.9. The lowest BCUT2D eigenvalue weighted by molar-refractivity contribution is -0.117. The number of hydrogen-bond donors (Lipinski definition) is 1. The van der Waals surface area contributed by atoms with Crippen LogP contribution in [0, 0.1) is 5.92 Å². The van der Waals surface area contributed by atoms with Gasteiger partial charge in [-0.15, -0.1) is 0 Å². The fourth-order valence-electron chi connectivity index (χ4n) is 2.37. The molecule has 1 aliphatic heterocycles. The second-order valence-corrected chi connectivity index (χ2v) is 7.61. The molecule has 1 aromatic rings. The lowest BCUT2D eigenvalue weighted by Crippen LogP contribution is -2.20. The summed E-state index contributed by atoms with van der Waals surface area (Å²) >= 11 is 5.57. The minimum Gasteiger partial charge on any atom is -0.326 e. The molecule has 2 rings (SSSR count). The number of nitrogens with one attached hydrogen (secondary N) is 1. The van der Waals surface area contributed by atoms with Crippen molar-refractivity contribution < 1.29 is 4.79 Å². The number of amides is 1. The van der Waals surface area contributed by atoms with E-state index in [1.54, 1.807) is 0 Å². The standard InChI is InChI=1S/C15H20BrNOS/c1-11(16)13-4-2-3-5-14(13)17-15(18)10-12-6-8-19-9-7-12/h2-5,11-12H,6-10H2,1H3,(H,17,18). The third-order valence-electron chi connectivity index (χ3n) is 3.48. The number of para-hydroxylation sites is 1. The molecule has 4 heteroatoms. The van der Waals surface area contributed by atoms with Crippen LogP contribution in [-0.4, -0.2) is 17.4 Å². The van der Waals surface area contributed by atoms with Gasteiger partial charge in [-0.1, -0.05) is 34.1 Å². The molecular weight excluding hydrogens is 322 g/mol. The summed E-state index contributed by atoms with van der Waals surface area (Å²) in [7, 11) is 0. The quantitative estimate of drug-likeness (QED) is 0.810. The molecule has 19 heavy (non-hydrogen) atoms. The van der Waals surface area contributed by atoms with Gasteiger partial charge < -0.3 is 5.32 Å². The summed E-state index contributed by atoms with van der Waals surface area (Å²) in [5.74, 6) is 3.12. The molecule has 0 bridgehead atoms. The average Bonchev–Trinajstić information content (AvgIpc) is 2.40. The van der Waals surface area contributed by atoms with Crippen LogP contribution in [-0.2, 0) is 4.79 Å². The Morgan fingerprint density at radius 2 is 2.11 bits per heavy atom. The van der Waals surface area contributed by atoms with E-state index in [2.05, 4.69) is 28.2 Å². The van der Waals surface area contributed by atoms with Crippen LogP contribution in [0.5, 0.6) is 0 Å². The Kier molecular flexibility index (Phi) is 5.76. The van der Waals surface area contributed by atoms with Crippen LogP contribution in [0.4, 0.5) is 5.69 Å². The smallest absolute Gasteiger partial charge is 0.224 e. The Morgan fingerprint density at radius 3 is 2.79 bits per heavy atom. The topological polar surface area (TPSA) is 29.1 Å². The molecule has 1 fully saturated rings. The monoisotopic (exact) mass is 341 g/mol. The molecule has 0 spiro atoms. The normalized spacial score (nSPS) is 18.0. The third kappa shape index (κ3) is 4.53. The molecular formula is C15H20BrNOS. The molecule has 0 aliphatic carbocycles. The zero-order valence-electron chi connectivity index (χ0n) is 11.2. The van der Waals surface area contributed by atoms with Crippen molar-refractivity contribution in [2.45, 2.75) is 31.0 Å². The number of anilines is 1. The number of hydrogen-bond acceptors (Lipinski definition) is 2. The average molecular weight is 342 g/mol. The molecule has 1 heterocycles. The Bertz CT molecular complexity index is 430. The molecule has 0 aromatic heterocycles. The molecule has 1 N–H and O–H groups in total.